The maximum atomic E-state index is 13.6. The van der Waals surface area contributed by atoms with E-state index in [0.29, 0.717) is 41.3 Å². The van der Waals surface area contributed by atoms with E-state index in [9.17, 15) is 14.7 Å². The second kappa shape index (κ2) is 11.3. The Kier molecular flexibility index (Phi) is 8.40. The van der Waals surface area contributed by atoms with Gasteiger partial charge in [-0.25, -0.2) is 0 Å². The minimum atomic E-state index is -0.878. The minimum Gasteiger partial charge on any atom is -0.872 e. The third-order valence-corrected chi connectivity index (χ3v) is 5.83. The van der Waals surface area contributed by atoms with Gasteiger partial charge in [0.05, 0.1) is 47.0 Å². The topological polar surface area (TPSA) is 92.6 Å². The van der Waals surface area contributed by atoms with Crippen LogP contribution in [-0.2, 0) is 9.59 Å². The second-order valence-corrected chi connectivity index (χ2v) is 9.08. The number of carbonyl (C=O) groups excluding carboxylic acids is 2. The number of nitrogens with zero attached hydrogens (tertiary/aromatic N) is 1. The molecule has 188 valence electrons. The largest absolute Gasteiger partial charge is 0.872 e. The minimum absolute atomic E-state index is 0.0116. The normalized spacial score (nSPS) is 17.4. The van der Waals surface area contributed by atoms with Crippen molar-refractivity contribution in [2.75, 3.05) is 41.4 Å². The Morgan fingerprint density at radius 3 is 2.26 bits per heavy atom. The van der Waals surface area contributed by atoms with Gasteiger partial charge in [0.15, 0.2) is 0 Å². The molecule has 1 saturated heterocycles. The smallest absolute Gasteiger partial charge is 0.295 e. The Morgan fingerprint density at radius 1 is 1.03 bits per heavy atom. The van der Waals surface area contributed by atoms with Gasteiger partial charge in [0.25, 0.3) is 5.91 Å². The number of nitrogens with one attached hydrogen (secondary N) is 1. The van der Waals surface area contributed by atoms with E-state index >= 15 is 0 Å². The molecule has 0 spiro atoms. The van der Waals surface area contributed by atoms with E-state index in [1.54, 1.807) is 42.5 Å². The van der Waals surface area contributed by atoms with E-state index in [4.69, 9.17) is 14.2 Å². The zero-order valence-electron chi connectivity index (χ0n) is 21.2. The van der Waals surface area contributed by atoms with Gasteiger partial charge in [-0.3, -0.25) is 9.59 Å². The molecule has 0 aromatic heterocycles. The Hall–Kier alpha value is -3.52. The lowest BCUT2D eigenvalue weighted by Gasteiger charge is -2.29. The van der Waals surface area contributed by atoms with Crippen LogP contribution in [0.15, 0.2) is 48.0 Å². The van der Waals surface area contributed by atoms with Crippen molar-refractivity contribution in [3.63, 3.8) is 0 Å². The number of likely N-dealkylation sites (tertiary alicyclic amines) is 1. The van der Waals surface area contributed by atoms with Crippen LogP contribution < -0.4 is 24.2 Å². The van der Waals surface area contributed by atoms with Gasteiger partial charge in [0.2, 0.25) is 5.78 Å². The second-order valence-electron chi connectivity index (χ2n) is 9.08. The number of amides is 1. The summed E-state index contributed by atoms with van der Waals surface area (Å²) in [7, 11) is 7.09. The van der Waals surface area contributed by atoms with Crippen LogP contribution in [0, 0.1) is 0 Å². The molecule has 1 atom stereocenters. The summed E-state index contributed by atoms with van der Waals surface area (Å²) in [6.45, 7) is 4.96. The van der Waals surface area contributed by atoms with Crippen LogP contribution in [0.4, 0.5) is 0 Å². The highest BCUT2D eigenvalue weighted by Crippen LogP contribution is 2.43. The fraction of sp³-hybridized carbons (Fsp3) is 0.407. The van der Waals surface area contributed by atoms with Crippen LogP contribution in [0.1, 0.15) is 37.4 Å². The molecule has 0 aliphatic carbocycles. The first kappa shape index (κ1) is 26.1. The van der Waals surface area contributed by atoms with Gasteiger partial charge < -0.3 is 29.1 Å². The summed E-state index contributed by atoms with van der Waals surface area (Å²) in [4.78, 5) is 29.1. The van der Waals surface area contributed by atoms with Gasteiger partial charge in [-0.05, 0) is 49.7 Å². The number of hydrogen-bond donors (Lipinski definition) is 1. The lowest BCUT2D eigenvalue weighted by atomic mass is 9.94. The third-order valence-electron chi connectivity index (χ3n) is 5.83. The third kappa shape index (κ3) is 5.77. The Bertz CT molecular complexity index is 1090. The van der Waals surface area contributed by atoms with Gasteiger partial charge in [0, 0.05) is 24.1 Å². The number of ketones is 1. The van der Waals surface area contributed by atoms with Gasteiger partial charge >= 0.3 is 0 Å². The lowest BCUT2D eigenvalue weighted by Crippen LogP contribution is -3.05. The van der Waals surface area contributed by atoms with Crippen molar-refractivity contribution in [3.8, 4) is 17.2 Å². The highest BCUT2D eigenvalue weighted by molar-refractivity contribution is 6.46. The molecule has 1 amide bonds. The molecular formula is C27H34N2O6. The summed E-state index contributed by atoms with van der Waals surface area (Å²) in [6.07, 6.45) is 0.662. The SMILES string of the molecule is COc1ccc(OC)c(C2C(=C([O-])c3ccc(OC(C)C)cc3)C(=O)C(=O)N2CCC[NH+](C)C)c1. The van der Waals surface area contributed by atoms with Crippen LogP contribution >= 0.6 is 0 Å². The molecule has 2 aromatic rings. The van der Waals surface area contributed by atoms with Crippen molar-refractivity contribution in [2.45, 2.75) is 32.4 Å². The summed E-state index contributed by atoms with van der Waals surface area (Å²) in [6, 6.07) is 10.9. The average molecular weight is 483 g/mol. The lowest BCUT2D eigenvalue weighted by molar-refractivity contribution is -0.858. The van der Waals surface area contributed by atoms with Crippen LogP contribution in [0.3, 0.4) is 0 Å². The van der Waals surface area contributed by atoms with Crippen LogP contribution in [0.5, 0.6) is 17.2 Å². The average Bonchev–Trinajstić information content (AvgIpc) is 3.08. The molecule has 0 saturated carbocycles. The van der Waals surface area contributed by atoms with Gasteiger partial charge in [-0.2, -0.15) is 0 Å². The predicted molar refractivity (Wildman–Crippen MR) is 130 cm³/mol. The molecule has 1 heterocycles. The molecular weight excluding hydrogens is 448 g/mol. The van der Waals surface area contributed by atoms with Crippen molar-refractivity contribution in [1.82, 2.24) is 4.90 Å². The van der Waals surface area contributed by atoms with Crippen molar-refractivity contribution in [2.24, 2.45) is 0 Å². The molecule has 35 heavy (non-hydrogen) atoms. The molecule has 2 aromatic carbocycles. The molecule has 0 bridgehead atoms. The molecule has 1 fully saturated rings. The maximum Gasteiger partial charge on any atom is 0.295 e. The number of methoxy groups -OCH3 is 2. The van der Waals surface area contributed by atoms with Crippen molar-refractivity contribution < 1.29 is 33.8 Å². The van der Waals surface area contributed by atoms with Crippen molar-refractivity contribution in [1.29, 1.82) is 0 Å². The molecule has 1 unspecified atom stereocenters. The quantitative estimate of drug-likeness (QED) is 0.311. The Morgan fingerprint density at radius 2 is 1.69 bits per heavy atom. The van der Waals surface area contributed by atoms with Crippen LogP contribution in [0.25, 0.3) is 5.76 Å². The highest BCUT2D eigenvalue weighted by Gasteiger charge is 2.45. The number of Topliss-reactive ketones (excluding diaryl/α,β-unsaturated/α-hetero) is 1. The van der Waals surface area contributed by atoms with Crippen molar-refractivity contribution in [3.05, 3.63) is 59.2 Å². The number of rotatable bonds is 10. The number of hydrogen-bond acceptors (Lipinski definition) is 6. The number of carbonyl (C=O) groups is 2. The summed E-state index contributed by atoms with van der Waals surface area (Å²) in [5, 5.41) is 13.6. The van der Waals surface area contributed by atoms with E-state index in [0.717, 1.165) is 6.54 Å². The monoisotopic (exact) mass is 482 g/mol. The fourth-order valence-electron chi connectivity index (χ4n) is 4.19. The van der Waals surface area contributed by atoms with Gasteiger partial charge in [0.1, 0.15) is 17.2 Å². The standard InChI is InChI=1S/C27H34N2O6/c1-17(2)35-19-10-8-18(9-11-19)25(30)23-24(21-16-20(33-5)12-13-22(21)34-6)29(27(32)26(23)31)15-7-14-28(3)4/h8-13,16-17,24,30H,7,14-15H2,1-6H3. The highest BCUT2D eigenvalue weighted by atomic mass is 16.5. The van der Waals surface area contributed by atoms with E-state index in [1.807, 2.05) is 27.9 Å². The number of ether oxygens (including phenoxy) is 3. The molecule has 1 aliphatic heterocycles. The molecule has 1 aliphatic rings. The first-order valence-electron chi connectivity index (χ1n) is 11.7. The summed E-state index contributed by atoms with van der Waals surface area (Å²) in [5.41, 5.74) is 0.756. The molecule has 8 heteroatoms. The number of benzene rings is 2. The van der Waals surface area contributed by atoms with E-state index < -0.39 is 23.5 Å². The van der Waals surface area contributed by atoms with Crippen LogP contribution in [0.2, 0.25) is 0 Å². The van der Waals surface area contributed by atoms with E-state index in [1.165, 1.54) is 24.0 Å². The zero-order valence-corrected chi connectivity index (χ0v) is 21.2. The molecule has 3 rings (SSSR count). The van der Waals surface area contributed by atoms with E-state index in [-0.39, 0.29) is 11.7 Å². The predicted octanol–water partition coefficient (Wildman–Crippen LogP) is 1.25. The summed E-state index contributed by atoms with van der Waals surface area (Å²) in [5.74, 6) is -0.342. The first-order chi connectivity index (χ1) is 16.7. The van der Waals surface area contributed by atoms with Crippen LogP contribution in [-0.4, -0.2) is 64.1 Å². The maximum absolute atomic E-state index is 13.6. The first-order valence-corrected chi connectivity index (χ1v) is 11.7. The Labute approximate surface area is 206 Å². The molecule has 0 radical (unpaired) electrons. The molecule has 1 N–H and O–H groups in total. The van der Waals surface area contributed by atoms with Gasteiger partial charge in [-0.1, -0.05) is 17.9 Å². The Balaban J connectivity index is 2.14. The van der Waals surface area contributed by atoms with Gasteiger partial charge in [-0.15, -0.1) is 0 Å². The van der Waals surface area contributed by atoms with Crippen molar-refractivity contribution >= 4 is 17.4 Å². The summed E-state index contributed by atoms with van der Waals surface area (Å²) >= 11 is 0. The molecule has 8 nitrogen and oxygen atoms in total. The fourth-order valence-corrected chi connectivity index (χ4v) is 4.19. The zero-order chi connectivity index (χ0) is 25.7. The summed E-state index contributed by atoms with van der Waals surface area (Å²) < 4.78 is 16.6. The van der Waals surface area contributed by atoms with E-state index in [2.05, 4.69) is 0 Å². The number of quaternary nitrogens is 1.